The number of pyridine rings is 1. The summed E-state index contributed by atoms with van der Waals surface area (Å²) in [6, 6.07) is 12.7. The van der Waals surface area contributed by atoms with E-state index in [4.69, 9.17) is 9.47 Å². The molecule has 0 saturated heterocycles. The van der Waals surface area contributed by atoms with Crippen LogP contribution in [0.25, 0.3) is 0 Å². The van der Waals surface area contributed by atoms with E-state index in [2.05, 4.69) is 4.98 Å². The predicted molar refractivity (Wildman–Crippen MR) is 61.5 cm³/mol. The van der Waals surface area contributed by atoms with Crippen molar-refractivity contribution in [3.8, 4) is 5.75 Å². The molecule has 4 nitrogen and oxygen atoms in total. The van der Waals surface area contributed by atoms with E-state index < -0.39 is 6.16 Å². The van der Waals surface area contributed by atoms with Crippen LogP contribution in [0.15, 0.2) is 54.9 Å². The second kappa shape index (κ2) is 5.65. The molecule has 0 bridgehead atoms. The maximum Gasteiger partial charge on any atom is 0.514 e. The zero-order valence-electron chi connectivity index (χ0n) is 9.08. The standard InChI is InChI=1S/C13H11NO3/c15-13(17-12-7-4-8-14-9-12)16-10-11-5-2-1-3-6-11/h1-9H,10H2. The summed E-state index contributed by atoms with van der Waals surface area (Å²) in [4.78, 5) is 15.1. The Hall–Kier alpha value is -2.36. The van der Waals surface area contributed by atoms with Crippen LogP contribution in [0.1, 0.15) is 5.56 Å². The monoisotopic (exact) mass is 229 g/mol. The van der Waals surface area contributed by atoms with Gasteiger partial charge in [0.25, 0.3) is 0 Å². The number of carbonyl (C=O) groups is 1. The quantitative estimate of drug-likeness (QED) is 0.759. The summed E-state index contributed by atoms with van der Waals surface area (Å²) in [7, 11) is 0. The molecular weight excluding hydrogens is 218 g/mol. The second-order valence-corrected chi connectivity index (χ2v) is 3.32. The zero-order valence-corrected chi connectivity index (χ0v) is 9.08. The Morgan fingerprint density at radius 1 is 1.12 bits per heavy atom. The fraction of sp³-hybridized carbons (Fsp3) is 0.0769. The van der Waals surface area contributed by atoms with Crippen LogP contribution in [0.3, 0.4) is 0 Å². The molecule has 0 N–H and O–H groups in total. The predicted octanol–water partition coefficient (Wildman–Crippen LogP) is 2.80. The molecule has 17 heavy (non-hydrogen) atoms. The molecule has 2 rings (SSSR count). The second-order valence-electron chi connectivity index (χ2n) is 3.32. The number of carbonyl (C=O) groups excluding carboxylic acids is 1. The molecule has 0 fully saturated rings. The summed E-state index contributed by atoms with van der Waals surface area (Å²) in [5.41, 5.74) is 0.913. The molecular formula is C13H11NO3. The number of benzene rings is 1. The Balaban J connectivity index is 1.83. The van der Waals surface area contributed by atoms with E-state index in [0.717, 1.165) is 5.56 Å². The van der Waals surface area contributed by atoms with Gasteiger partial charge in [0.2, 0.25) is 0 Å². The summed E-state index contributed by atoms with van der Waals surface area (Å²) in [5.74, 6) is 0.366. The molecule has 0 spiro atoms. The van der Waals surface area contributed by atoms with Gasteiger partial charge < -0.3 is 9.47 Å². The van der Waals surface area contributed by atoms with Gasteiger partial charge in [-0.2, -0.15) is 0 Å². The van der Waals surface area contributed by atoms with Crippen molar-refractivity contribution in [2.24, 2.45) is 0 Å². The third kappa shape index (κ3) is 3.61. The first kappa shape index (κ1) is 11.1. The molecule has 0 aliphatic heterocycles. The van der Waals surface area contributed by atoms with Crippen LogP contribution >= 0.6 is 0 Å². The van der Waals surface area contributed by atoms with Crippen LogP contribution < -0.4 is 4.74 Å². The van der Waals surface area contributed by atoms with Gasteiger partial charge in [-0.15, -0.1) is 0 Å². The van der Waals surface area contributed by atoms with Crippen molar-refractivity contribution in [1.82, 2.24) is 4.98 Å². The number of aromatic nitrogens is 1. The molecule has 1 aromatic carbocycles. The maximum atomic E-state index is 11.3. The van der Waals surface area contributed by atoms with E-state index in [1.165, 1.54) is 6.20 Å². The van der Waals surface area contributed by atoms with E-state index in [1.807, 2.05) is 30.3 Å². The molecule has 4 heteroatoms. The Kier molecular flexibility index (Phi) is 3.70. The van der Waals surface area contributed by atoms with E-state index in [1.54, 1.807) is 18.3 Å². The van der Waals surface area contributed by atoms with Crippen molar-refractivity contribution in [3.63, 3.8) is 0 Å². The third-order valence-corrected chi connectivity index (χ3v) is 2.04. The van der Waals surface area contributed by atoms with Gasteiger partial charge in [-0.1, -0.05) is 30.3 Å². The lowest BCUT2D eigenvalue weighted by molar-refractivity contribution is 0.0926. The minimum Gasteiger partial charge on any atom is -0.429 e. The van der Waals surface area contributed by atoms with Gasteiger partial charge in [-0.25, -0.2) is 4.79 Å². The Morgan fingerprint density at radius 2 is 1.94 bits per heavy atom. The highest BCUT2D eigenvalue weighted by Gasteiger charge is 2.05. The molecule has 0 radical (unpaired) electrons. The van der Waals surface area contributed by atoms with Crippen LogP contribution in [0.2, 0.25) is 0 Å². The molecule has 0 aliphatic carbocycles. The van der Waals surface area contributed by atoms with Gasteiger partial charge in [0.05, 0.1) is 6.20 Å². The molecule has 0 saturated carbocycles. The number of ether oxygens (including phenoxy) is 2. The molecule has 0 atom stereocenters. The summed E-state index contributed by atoms with van der Waals surface area (Å²) < 4.78 is 9.86. The van der Waals surface area contributed by atoms with Gasteiger partial charge in [-0.05, 0) is 17.7 Å². The highest BCUT2D eigenvalue weighted by Crippen LogP contribution is 2.08. The summed E-state index contributed by atoms with van der Waals surface area (Å²) >= 11 is 0. The zero-order chi connectivity index (χ0) is 11.9. The van der Waals surface area contributed by atoms with E-state index >= 15 is 0 Å². The summed E-state index contributed by atoms with van der Waals surface area (Å²) in [6.45, 7) is 0.194. The van der Waals surface area contributed by atoms with Crippen molar-refractivity contribution in [1.29, 1.82) is 0 Å². The smallest absolute Gasteiger partial charge is 0.429 e. The van der Waals surface area contributed by atoms with Gasteiger partial charge >= 0.3 is 6.16 Å². The third-order valence-electron chi connectivity index (χ3n) is 2.04. The van der Waals surface area contributed by atoms with Crippen LogP contribution in [-0.2, 0) is 11.3 Å². The lowest BCUT2D eigenvalue weighted by Crippen LogP contribution is -2.10. The topological polar surface area (TPSA) is 48.4 Å². The van der Waals surface area contributed by atoms with E-state index in [-0.39, 0.29) is 6.61 Å². The van der Waals surface area contributed by atoms with Gasteiger partial charge in [-0.3, -0.25) is 4.98 Å². The van der Waals surface area contributed by atoms with Crippen molar-refractivity contribution >= 4 is 6.16 Å². The number of hydrogen-bond acceptors (Lipinski definition) is 4. The highest BCUT2D eigenvalue weighted by atomic mass is 16.7. The van der Waals surface area contributed by atoms with Crippen molar-refractivity contribution in [2.75, 3.05) is 0 Å². The Labute approximate surface area is 98.8 Å². The van der Waals surface area contributed by atoms with Crippen molar-refractivity contribution in [3.05, 3.63) is 60.4 Å². The summed E-state index contributed by atoms with van der Waals surface area (Å²) in [5, 5.41) is 0. The molecule has 86 valence electrons. The molecule has 0 unspecified atom stereocenters. The van der Waals surface area contributed by atoms with Crippen molar-refractivity contribution in [2.45, 2.75) is 6.61 Å². The lowest BCUT2D eigenvalue weighted by atomic mass is 10.2. The number of rotatable bonds is 3. The van der Waals surface area contributed by atoms with Crippen LogP contribution in [0.5, 0.6) is 5.75 Å². The highest BCUT2D eigenvalue weighted by molar-refractivity contribution is 5.63. The van der Waals surface area contributed by atoms with Gasteiger partial charge in [0.1, 0.15) is 6.61 Å². The molecule has 0 amide bonds. The first-order valence-electron chi connectivity index (χ1n) is 5.13. The molecule has 1 heterocycles. The molecule has 1 aromatic heterocycles. The largest absolute Gasteiger partial charge is 0.514 e. The maximum absolute atomic E-state index is 11.3. The number of nitrogens with zero attached hydrogens (tertiary/aromatic N) is 1. The fourth-order valence-electron chi connectivity index (χ4n) is 1.25. The van der Waals surface area contributed by atoms with Crippen LogP contribution in [0, 0.1) is 0 Å². The minimum absolute atomic E-state index is 0.194. The van der Waals surface area contributed by atoms with Crippen LogP contribution in [0.4, 0.5) is 4.79 Å². The van der Waals surface area contributed by atoms with Crippen LogP contribution in [-0.4, -0.2) is 11.1 Å². The first-order valence-corrected chi connectivity index (χ1v) is 5.13. The van der Waals surface area contributed by atoms with E-state index in [0.29, 0.717) is 5.75 Å². The first-order chi connectivity index (χ1) is 8.34. The van der Waals surface area contributed by atoms with Crippen molar-refractivity contribution < 1.29 is 14.3 Å². The average molecular weight is 229 g/mol. The minimum atomic E-state index is -0.734. The molecule has 2 aromatic rings. The van der Waals surface area contributed by atoms with E-state index in [9.17, 15) is 4.79 Å². The SMILES string of the molecule is O=C(OCc1ccccc1)Oc1cccnc1. The number of hydrogen-bond donors (Lipinski definition) is 0. The normalized spacial score (nSPS) is 9.65. The average Bonchev–Trinajstić information content (AvgIpc) is 2.39. The lowest BCUT2D eigenvalue weighted by Gasteiger charge is -2.05. The fourth-order valence-corrected chi connectivity index (χ4v) is 1.25. The summed E-state index contributed by atoms with van der Waals surface area (Å²) in [6.07, 6.45) is 2.31. The Bertz CT molecular complexity index is 471. The van der Waals surface area contributed by atoms with Gasteiger partial charge in [0, 0.05) is 6.20 Å². The Morgan fingerprint density at radius 3 is 2.65 bits per heavy atom. The molecule has 0 aliphatic rings. The van der Waals surface area contributed by atoms with Gasteiger partial charge in [0.15, 0.2) is 5.75 Å².